The van der Waals surface area contributed by atoms with Crippen molar-refractivity contribution in [3.8, 4) is 11.5 Å². The second-order valence-electron chi connectivity index (χ2n) is 3.39. The van der Waals surface area contributed by atoms with E-state index in [1.807, 2.05) is 0 Å². The molecule has 1 aromatic carbocycles. The minimum atomic E-state index is -0.272. The number of carbonyl (C=O) groups is 1. The lowest BCUT2D eigenvalue weighted by molar-refractivity contribution is -0.121. The zero-order valence-electron chi connectivity index (χ0n) is 10.1. The van der Waals surface area contributed by atoms with E-state index in [0.29, 0.717) is 11.5 Å². The van der Waals surface area contributed by atoms with Gasteiger partial charge < -0.3 is 15.2 Å². The number of methoxy groups -OCH3 is 2. The van der Waals surface area contributed by atoms with Gasteiger partial charge in [0.05, 0.1) is 20.6 Å². The molecule has 18 heavy (non-hydrogen) atoms. The van der Waals surface area contributed by atoms with Gasteiger partial charge in [-0.05, 0) is 18.3 Å². The molecule has 0 aromatic heterocycles. The van der Waals surface area contributed by atoms with Gasteiger partial charge in [0, 0.05) is 11.6 Å². The first-order valence-corrected chi connectivity index (χ1v) is 5.53. The van der Waals surface area contributed by atoms with Gasteiger partial charge in [-0.2, -0.15) is 0 Å². The lowest BCUT2D eigenvalue weighted by Gasteiger charge is -2.11. The monoisotopic (exact) mass is 269 g/mol. The molecule has 0 radical (unpaired) electrons. The molecular weight excluding hydrogens is 254 g/mol. The van der Waals surface area contributed by atoms with E-state index in [0.717, 1.165) is 5.56 Å². The summed E-state index contributed by atoms with van der Waals surface area (Å²) in [6, 6.07) is 5.23. The van der Waals surface area contributed by atoms with Crippen LogP contribution in [0.3, 0.4) is 0 Å². The first-order chi connectivity index (χ1) is 8.56. The zero-order chi connectivity index (χ0) is 13.5. The quantitative estimate of drug-likeness (QED) is 0.531. The maximum absolute atomic E-state index is 11.6. The van der Waals surface area contributed by atoms with Gasteiger partial charge in [-0.15, -0.1) is 0 Å². The number of thiocarbonyl (C=S) groups is 1. The first kappa shape index (κ1) is 14.0. The van der Waals surface area contributed by atoms with Crippen LogP contribution in [0.1, 0.15) is 5.56 Å². The van der Waals surface area contributed by atoms with Gasteiger partial charge in [0.15, 0.2) is 5.11 Å². The smallest absolute Gasteiger partial charge is 0.242 e. The maximum atomic E-state index is 11.6. The molecule has 0 aliphatic rings. The topological polar surface area (TPSA) is 85.6 Å². The van der Waals surface area contributed by atoms with E-state index in [1.54, 1.807) is 25.3 Å². The number of nitrogens with one attached hydrogen (secondary N) is 2. The molecule has 0 bridgehead atoms. The van der Waals surface area contributed by atoms with E-state index < -0.39 is 0 Å². The highest BCUT2D eigenvalue weighted by atomic mass is 32.1. The molecule has 0 saturated heterocycles. The maximum Gasteiger partial charge on any atom is 0.242 e. The third-order valence-corrected chi connectivity index (χ3v) is 2.27. The lowest BCUT2D eigenvalue weighted by Crippen LogP contribution is -2.44. The molecule has 0 unspecified atom stereocenters. The van der Waals surface area contributed by atoms with Gasteiger partial charge >= 0.3 is 0 Å². The van der Waals surface area contributed by atoms with Crippen molar-refractivity contribution >= 4 is 23.2 Å². The first-order valence-electron chi connectivity index (χ1n) is 5.12. The lowest BCUT2D eigenvalue weighted by atomic mass is 10.1. The van der Waals surface area contributed by atoms with Crippen LogP contribution in [-0.4, -0.2) is 25.2 Å². The van der Waals surface area contributed by atoms with E-state index in [2.05, 4.69) is 23.1 Å². The highest BCUT2D eigenvalue weighted by Gasteiger charge is 2.09. The second-order valence-corrected chi connectivity index (χ2v) is 3.83. The van der Waals surface area contributed by atoms with Gasteiger partial charge in [-0.25, -0.2) is 0 Å². The third-order valence-electron chi connectivity index (χ3n) is 2.17. The summed E-state index contributed by atoms with van der Waals surface area (Å²) in [5.41, 5.74) is 10.7. The fraction of sp³-hybridized carbons (Fsp3) is 0.273. The summed E-state index contributed by atoms with van der Waals surface area (Å²) in [5.74, 6) is 0.975. The van der Waals surface area contributed by atoms with Crippen molar-refractivity contribution in [2.24, 2.45) is 5.73 Å². The normalized spacial score (nSPS) is 9.44. The predicted octanol–water partition coefficient (Wildman–Crippen LogP) is 0.111. The number of hydrogen-bond acceptors (Lipinski definition) is 4. The van der Waals surface area contributed by atoms with Gasteiger partial charge in [-0.3, -0.25) is 15.6 Å². The van der Waals surface area contributed by atoms with Gasteiger partial charge in [0.25, 0.3) is 0 Å². The zero-order valence-corrected chi connectivity index (χ0v) is 11.0. The minimum Gasteiger partial charge on any atom is -0.497 e. The number of hydrogen-bond donors (Lipinski definition) is 3. The van der Waals surface area contributed by atoms with Crippen molar-refractivity contribution in [3.05, 3.63) is 23.8 Å². The Morgan fingerprint density at radius 2 is 2.06 bits per heavy atom. The van der Waals surface area contributed by atoms with Gasteiger partial charge in [0.1, 0.15) is 11.5 Å². The molecule has 4 N–H and O–H groups in total. The van der Waals surface area contributed by atoms with E-state index >= 15 is 0 Å². The molecule has 7 heteroatoms. The molecule has 0 fully saturated rings. The average Bonchev–Trinajstić information content (AvgIpc) is 2.36. The van der Waals surface area contributed by atoms with Crippen LogP contribution >= 0.6 is 12.2 Å². The molecule has 0 aliphatic heterocycles. The van der Waals surface area contributed by atoms with Crippen LogP contribution in [-0.2, 0) is 11.2 Å². The third kappa shape index (κ3) is 4.10. The van der Waals surface area contributed by atoms with Crippen LogP contribution in [0, 0.1) is 0 Å². The van der Waals surface area contributed by atoms with E-state index in [1.165, 1.54) is 7.11 Å². The van der Waals surface area contributed by atoms with Crippen LogP contribution in [0.25, 0.3) is 0 Å². The van der Waals surface area contributed by atoms with Crippen molar-refractivity contribution in [2.45, 2.75) is 6.42 Å². The van der Waals surface area contributed by atoms with Crippen molar-refractivity contribution in [1.82, 2.24) is 10.9 Å². The Morgan fingerprint density at radius 3 is 2.61 bits per heavy atom. The Hall–Kier alpha value is -2.02. The Morgan fingerprint density at radius 1 is 1.33 bits per heavy atom. The summed E-state index contributed by atoms with van der Waals surface area (Å²) in [6.45, 7) is 0. The fourth-order valence-electron chi connectivity index (χ4n) is 1.35. The molecule has 0 aliphatic carbocycles. The largest absolute Gasteiger partial charge is 0.497 e. The molecule has 0 heterocycles. The fourth-order valence-corrected chi connectivity index (χ4v) is 1.40. The number of amides is 1. The van der Waals surface area contributed by atoms with Crippen molar-refractivity contribution in [2.75, 3.05) is 14.2 Å². The van der Waals surface area contributed by atoms with Crippen LogP contribution in [0.2, 0.25) is 0 Å². The highest BCUT2D eigenvalue weighted by molar-refractivity contribution is 7.80. The molecule has 0 saturated carbocycles. The van der Waals surface area contributed by atoms with Crippen molar-refractivity contribution < 1.29 is 14.3 Å². The summed E-state index contributed by atoms with van der Waals surface area (Å²) < 4.78 is 10.3. The van der Waals surface area contributed by atoms with Crippen LogP contribution < -0.4 is 26.1 Å². The van der Waals surface area contributed by atoms with Crippen molar-refractivity contribution in [3.63, 3.8) is 0 Å². The molecule has 0 atom stereocenters. The predicted molar refractivity (Wildman–Crippen MR) is 71.3 cm³/mol. The van der Waals surface area contributed by atoms with Crippen LogP contribution in [0.4, 0.5) is 0 Å². The number of hydrazine groups is 1. The molecule has 98 valence electrons. The highest BCUT2D eigenvalue weighted by Crippen LogP contribution is 2.24. The summed E-state index contributed by atoms with van der Waals surface area (Å²) in [4.78, 5) is 11.6. The number of carbonyl (C=O) groups excluding carboxylic acids is 1. The summed E-state index contributed by atoms with van der Waals surface area (Å²) >= 11 is 4.57. The van der Waals surface area contributed by atoms with Gasteiger partial charge in [-0.1, -0.05) is 6.07 Å². The SMILES string of the molecule is COc1ccc(CC(=O)NNC(N)=S)c(OC)c1. The molecule has 0 spiro atoms. The van der Waals surface area contributed by atoms with E-state index in [-0.39, 0.29) is 17.4 Å². The van der Waals surface area contributed by atoms with E-state index in [4.69, 9.17) is 15.2 Å². The number of nitrogens with two attached hydrogens (primary N) is 1. The standard InChI is InChI=1S/C11H15N3O3S/c1-16-8-4-3-7(9(6-8)17-2)5-10(15)13-14-11(12)18/h3-4,6H,5H2,1-2H3,(H,13,15)(H3,12,14,18). The molecule has 1 aromatic rings. The molecule has 1 rings (SSSR count). The minimum absolute atomic E-state index is 0.00467. The van der Waals surface area contributed by atoms with E-state index in [9.17, 15) is 4.79 Å². The summed E-state index contributed by atoms with van der Waals surface area (Å²) in [7, 11) is 3.09. The molecule has 6 nitrogen and oxygen atoms in total. The Bertz CT molecular complexity index is 451. The van der Waals surface area contributed by atoms with Crippen LogP contribution in [0.15, 0.2) is 18.2 Å². The average molecular weight is 269 g/mol. The Balaban J connectivity index is 2.71. The number of rotatable bonds is 4. The van der Waals surface area contributed by atoms with Gasteiger partial charge in [0.2, 0.25) is 5.91 Å². The second kappa shape index (κ2) is 6.65. The molecule has 1 amide bonds. The summed E-state index contributed by atoms with van der Waals surface area (Å²) in [5, 5.41) is 0.00467. The van der Waals surface area contributed by atoms with Crippen molar-refractivity contribution in [1.29, 1.82) is 0 Å². The Kier molecular flexibility index (Phi) is 5.19. The number of benzene rings is 1. The Labute approximate surface area is 110 Å². The summed E-state index contributed by atoms with van der Waals surface area (Å²) in [6.07, 6.45) is 0.142. The molecular formula is C11H15N3O3S. The van der Waals surface area contributed by atoms with Crippen LogP contribution in [0.5, 0.6) is 11.5 Å². The number of ether oxygens (including phenoxy) is 2.